The molecule has 0 atom stereocenters. The molecule has 2 aromatic carbocycles. The molecule has 0 radical (unpaired) electrons. The van der Waals surface area contributed by atoms with E-state index in [2.05, 4.69) is 25.9 Å². The maximum atomic E-state index is 14.5. The molecule has 1 amide bonds. The summed E-state index contributed by atoms with van der Waals surface area (Å²) < 4.78 is 46.1. The molecule has 2 heterocycles. The number of primary amides is 1. The maximum absolute atomic E-state index is 14.5. The third kappa shape index (κ3) is 4.59. The number of hydrogen-bond donors (Lipinski definition) is 3. The molecule has 34 heavy (non-hydrogen) atoms. The number of fused-ring (bicyclic) bond motifs is 1. The van der Waals surface area contributed by atoms with Crippen LogP contribution >= 0.6 is 34.9 Å². The van der Waals surface area contributed by atoms with E-state index in [0.29, 0.717) is 17.2 Å². The van der Waals surface area contributed by atoms with Crippen molar-refractivity contribution in [1.29, 1.82) is 0 Å². The van der Waals surface area contributed by atoms with Crippen LogP contribution in [0.1, 0.15) is 20.8 Å². The summed E-state index contributed by atoms with van der Waals surface area (Å²) in [4.78, 5) is 37.6. The fourth-order valence-electron chi connectivity index (χ4n) is 3.07. The summed E-state index contributed by atoms with van der Waals surface area (Å²) in [7, 11) is -5.81. The molecule has 0 unspecified atom stereocenters. The van der Waals surface area contributed by atoms with Crippen molar-refractivity contribution in [2.24, 2.45) is 5.73 Å². The van der Waals surface area contributed by atoms with Gasteiger partial charge < -0.3 is 20.3 Å². The smallest absolute Gasteiger partial charge is 0.400 e. The first-order valence-electron chi connectivity index (χ1n) is 9.48. The molecule has 4 rings (SSSR count). The SMILES string of the molecule is NC(=O)c1cc(OCc2ccc(-c3ncccn3)cc2)c2sc(C(F)(F)P(=O)(O)O)c(Br)c2c1. The van der Waals surface area contributed by atoms with Crippen molar-refractivity contribution in [3.05, 3.63) is 75.3 Å². The molecule has 0 saturated heterocycles. The number of carbonyl (C=O) groups excluding carboxylic acids is 1. The Morgan fingerprint density at radius 3 is 2.41 bits per heavy atom. The molecule has 0 fully saturated rings. The Labute approximate surface area is 203 Å². The summed E-state index contributed by atoms with van der Waals surface area (Å²) in [5, 5.41) is 0.121. The molecule has 0 aliphatic rings. The van der Waals surface area contributed by atoms with Crippen LogP contribution < -0.4 is 10.5 Å². The van der Waals surface area contributed by atoms with E-state index in [1.165, 1.54) is 12.1 Å². The molecule has 2 aromatic heterocycles. The number of benzene rings is 2. The highest BCUT2D eigenvalue weighted by molar-refractivity contribution is 9.10. The van der Waals surface area contributed by atoms with Crippen molar-refractivity contribution in [2.75, 3.05) is 0 Å². The lowest BCUT2D eigenvalue weighted by atomic mass is 10.1. The number of nitrogens with two attached hydrogens (primary N) is 1. The second kappa shape index (κ2) is 9.12. The summed E-state index contributed by atoms with van der Waals surface area (Å²) in [6.45, 7) is 0.0208. The molecule has 13 heteroatoms. The van der Waals surface area contributed by atoms with Gasteiger partial charge in [-0.3, -0.25) is 9.36 Å². The molecule has 4 N–H and O–H groups in total. The molecule has 0 aliphatic heterocycles. The fraction of sp³-hybridized carbons (Fsp3) is 0.0952. The number of alkyl halides is 2. The molecule has 176 valence electrons. The quantitative estimate of drug-likeness (QED) is 0.266. The van der Waals surface area contributed by atoms with Gasteiger partial charge >= 0.3 is 13.3 Å². The number of hydrogen-bond acceptors (Lipinski definition) is 6. The minimum Gasteiger partial charge on any atom is -0.487 e. The molecule has 0 spiro atoms. The first-order chi connectivity index (χ1) is 16.0. The lowest BCUT2D eigenvalue weighted by molar-refractivity contribution is 0.0595. The van der Waals surface area contributed by atoms with Crippen LogP contribution in [0, 0.1) is 0 Å². The van der Waals surface area contributed by atoms with Crippen molar-refractivity contribution in [1.82, 2.24) is 9.97 Å². The maximum Gasteiger partial charge on any atom is 0.400 e. The van der Waals surface area contributed by atoms with Crippen LogP contribution in [0.5, 0.6) is 5.75 Å². The largest absolute Gasteiger partial charge is 0.487 e. The summed E-state index contributed by atoms with van der Waals surface area (Å²) in [5.74, 6) is -0.201. The lowest BCUT2D eigenvalue weighted by Gasteiger charge is -2.16. The highest BCUT2D eigenvalue weighted by atomic mass is 79.9. The van der Waals surface area contributed by atoms with Crippen LogP contribution in [0.3, 0.4) is 0 Å². The van der Waals surface area contributed by atoms with Gasteiger partial charge in [-0.15, -0.1) is 11.3 Å². The fourth-order valence-corrected chi connectivity index (χ4v) is 6.05. The van der Waals surface area contributed by atoms with Crippen molar-refractivity contribution < 1.29 is 32.7 Å². The molecule has 0 saturated carbocycles. The minimum absolute atomic E-state index is 0.0105. The van der Waals surface area contributed by atoms with Gasteiger partial charge in [-0.25, -0.2) is 9.97 Å². The third-order valence-electron chi connectivity index (χ3n) is 4.79. The van der Waals surface area contributed by atoms with Crippen LogP contribution in [0.25, 0.3) is 21.5 Å². The van der Waals surface area contributed by atoms with Crippen molar-refractivity contribution in [3.8, 4) is 17.1 Å². The first-order valence-corrected chi connectivity index (χ1v) is 12.7. The second-order valence-electron chi connectivity index (χ2n) is 7.10. The summed E-state index contributed by atoms with van der Waals surface area (Å²) in [6.07, 6.45) is 3.25. The van der Waals surface area contributed by atoms with Crippen LogP contribution in [0.4, 0.5) is 8.78 Å². The van der Waals surface area contributed by atoms with Gasteiger partial charge in [-0.2, -0.15) is 8.78 Å². The number of ether oxygens (including phenoxy) is 1. The zero-order chi connectivity index (χ0) is 24.7. The number of nitrogens with zero attached hydrogens (tertiary/aromatic N) is 2. The molecule has 0 bridgehead atoms. The minimum atomic E-state index is -5.81. The van der Waals surface area contributed by atoms with E-state index in [-0.39, 0.29) is 32.5 Å². The van der Waals surface area contributed by atoms with Gasteiger partial charge in [-0.05, 0) is 39.7 Å². The highest BCUT2D eigenvalue weighted by Gasteiger charge is 2.53. The van der Waals surface area contributed by atoms with E-state index in [4.69, 9.17) is 20.3 Å². The number of rotatable bonds is 7. The molecule has 4 aromatic rings. The van der Waals surface area contributed by atoms with Gasteiger partial charge in [-0.1, -0.05) is 24.3 Å². The van der Waals surface area contributed by atoms with Crippen LogP contribution in [-0.4, -0.2) is 25.7 Å². The topological polar surface area (TPSA) is 136 Å². The Bertz CT molecular complexity index is 1430. The summed E-state index contributed by atoms with van der Waals surface area (Å²) >= 11 is 3.45. The Morgan fingerprint density at radius 1 is 1.18 bits per heavy atom. The monoisotopic (exact) mass is 569 g/mol. The third-order valence-corrected chi connectivity index (χ3v) is 8.27. The number of carbonyl (C=O) groups is 1. The van der Waals surface area contributed by atoms with Gasteiger partial charge in [0.25, 0.3) is 0 Å². The molecular weight excluding hydrogens is 555 g/mol. The van der Waals surface area contributed by atoms with Crippen molar-refractivity contribution in [2.45, 2.75) is 12.3 Å². The van der Waals surface area contributed by atoms with Gasteiger partial charge in [0.15, 0.2) is 5.82 Å². The van der Waals surface area contributed by atoms with E-state index in [9.17, 15) is 18.1 Å². The van der Waals surface area contributed by atoms with Gasteiger partial charge in [0.1, 0.15) is 17.2 Å². The standard InChI is InChI=1S/C21H15BrF2N3O5PS/c22-16-14-8-13(19(25)28)9-15(17(14)34-18(16)21(23,24)33(29,30)31)32-10-11-2-4-12(5-3-11)20-26-6-1-7-27-20/h1-9H,10H2,(H2,25,28)(H2,29,30,31). The van der Waals surface area contributed by atoms with Crippen LogP contribution in [0.2, 0.25) is 0 Å². The van der Waals surface area contributed by atoms with E-state index in [1.54, 1.807) is 42.7 Å². The Morgan fingerprint density at radius 2 is 1.82 bits per heavy atom. The Kier molecular flexibility index (Phi) is 6.54. The van der Waals surface area contributed by atoms with Gasteiger partial charge in [0, 0.05) is 33.4 Å². The highest BCUT2D eigenvalue weighted by Crippen LogP contribution is 2.63. The van der Waals surface area contributed by atoms with E-state index in [1.807, 2.05) is 0 Å². The Balaban J connectivity index is 1.70. The van der Waals surface area contributed by atoms with Crippen LogP contribution in [0.15, 0.2) is 59.3 Å². The summed E-state index contributed by atoms with van der Waals surface area (Å²) in [6, 6.07) is 11.4. The molecular formula is C21H15BrF2N3O5PS. The van der Waals surface area contributed by atoms with Crippen molar-refractivity contribution >= 4 is 50.9 Å². The zero-order valence-electron chi connectivity index (χ0n) is 17.0. The predicted molar refractivity (Wildman–Crippen MR) is 126 cm³/mol. The van der Waals surface area contributed by atoms with Gasteiger partial charge in [0.05, 0.1) is 4.70 Å². The predicted octanol–water partition coefficient (Wildman–Crippen LogP) is 5.03. The first kappa shape index (κ1) is 24.4. The zero-order valence-corrected chi connectivity index (χ0v) is 20.3. The molecule has 0 aliphatic carbocycles. The second-order valence-corrected chi connectivity index (χ2v) is 10.6. The number of aromatic nitrogens is 2. The average Bonchev–Trinajstić information content (AvgIpc) is 3.15. The normalized spacial score (nSPS) is 12.1. The Hall–Kier alpha value is -2.76. The number of halogens is 3. The van der Waals surface area contributed by atoms with Crippen molar-refractivity contribution in [3.63, 3.8) is 0 Å². The summed E-state index contributed by atoms with van der Waals surface area (Å²) in [5.41, 5.74) is 2.44. The number of thiophene rings is 1. The molecule has 8 nitrogen and oxygen atoms in total. The average molecular weight is 570 g/mol. The van der Waals surface area contributed by atoms with E-state index < -0.39 is 24.0 Å². The van der Waals surface area contributed by atoms with Crippen LogP contribution in [-0.2, 0) is 16.8 Å². The van der Waals surface area contributed by atoms with E-state index >= 15 is 0 Å². The number of amides is 1. The lowest BCUT2D eigenvalue weighted by Crippen LogP contribution is -2.12. The van der Waals surface area contributed by atoms with Gasteiger partial charge in [0.2, 0.25) is 5.91 Å². The van der Waals surface area contributed by atoms with E-state index in [0.717, 1.165) is 11.1 Å².